The summed E-state index contributed by atoms with van der Waals surface area (Å²) in [6.45, 7) is 6.16. The second-order valence-corrected chi connectivity index (χ2v) is 7.81. The van der Waals surface area contributed by atoms with Gasteiger partial charge in [0.15, 0.2) is 5.82 Å². The number of benzene rings is 1. The van der Waals surface area contributed by atoms with E-state index in [1.807, 2.05) is 56.3 Å². The van der Waals surface area contributed by atoms with Gasteiger partial charge in [-0.1, -0.05) is 40.6 Å². The minimum Gasteiger partial charge on any atom is -0.278 e. The fourth-order valence-electron chi connectivity index (χ4n) is 3.99. The molecule has 1 aliphatic rings. The summed E-state index contributed by atoms with van der Waals surface area (Å²) >= 11 is 0. The zero-order valence-corrected chi connectivity index (χ0v) is 17.9. The van der Waals surface area contributed by atoms with E-state index in [0.29, 0.717) is 22.9 Å². The van der Waals surface area contributed by atoms with E-state index >= 15 is 0 Å². The maximum Gasteiger partial charge on any atom is 0.225 e. The summed E-state index contributed by atoms with van der Waals surface area (Å²) in [6.07, 6.45) is 0. The lowest BCUT2D eigenvalue weighted by atomic mass is 9.99. The van der Waals surface area contributed by atoms with Crippen molar-refractivity contribution in [1.29, 1.82) is 5.41 Å². The Morgan fingerprint density at radius 3 is 2.38 bits per heavy atom. The van der Waals surface area contributed by atoms with Crippen molar-refractivity contribution in [3.8, 4) is 22.4 Å². The Morgan fingerprint density at radius 1 is 1.00 bits per heavy atom. The molecule has 4 aromatic rings. The van der Waals surface area contributed by atoms with Gasteiger partial charge in [-0.15, -0.1) is 0 Å². The molecule has 162 valence electrons. The van der Waals surface area contributed by atoms with Crippen LogP contribution in [0.4, 0.5) is 5.82 Å². The van der Waals surface area contributed by atoms with Gasteiger partial charge in [0.05, 0.1) is 17.8 Å². The second kappa shape index (κ2) is 7.66. The second-order valence-electron chi connectivity index (χ2n) is 7.81. The Kier molecular flexibility index (Phi) is 4.80. The summed E-state index contributed by atoms with van der Waals surface area (Å²) in [5.74, 6) is 0.461. The number of rotatable bonds is 4. The number of hydrazine groups is 1. The number of pyridine rings is 1. The molecule has 0 bridgehead atoms. The number of hydrogen-bond donors (Lipinski definition) is 2. The van der Waals surface area contributed by atoms with E-state index in [4.69, 9.17) is 10.0 Å². The SMILES string of the molecule is Cc1cc(-c2c(-c3ccccc3)nc(=N)n3c2N(O)N(Cc2nonc2C)C3)cc(C)n1. The molecule has 4 heterocycles. The van der Waals surface area contributed by atoms with Crippen molar-refractivity contribution in [3.63, 3.8) is 0 Å². The van der Waals surface area contributed by atoms with Gasteiger partial charge in [0.1, 0.15) is 18.1 Å². The molecule has 0 amide bonds. The van der Waals surface area contributed by atoms with Crippen LogP contribution in [-0.2, 0) is 13.2 Å². The minimum absolute atomic E-state index is 0.0432. The van der Waals surface area contributed by atoms with Crippen LogP contribution < -0.4 is 10.8 Å². The van der Waals surface area contributed by atoms with Crippen molar-refractivity contribution in [3.05, 3.63) is 70.9 Å². The predicted molar refractivity (Wildman–Crippen MR) is 115 cm³/mol. The van der Waals surface area contributed by atoms with Crippen molar-refractivity contribution in [2.75, 3.05) is 5.17 Å². The third-order valence-electron chi connectivity index (χ3n) is 5.45. The molecule has 10 nitrogen and oxygen atoms in total. The molecule has 0 saturated carbocycles. The largest absolute Gasteiger partial charge is 0.278 e. The molecule has 1 aliphatic heterocycles. The highest BCUT2D eigenvalue weighted by atomic mass is 16.6. The Bertz CT molecular complexity index is 1340. The summed E-state index contributed by atoms with van der Waals surface area (Å²) in [5, 5.41) is 30.3. The van der Waals surface area contributed by atoms with E-state index in [2.05, 4.69) is 20.3 Å². The van der Waals surface area contributed by atoms with E-state index in [0.717, 1.165) is 33.3 Å². The normalized spacial score (nSPS) is 13.6. The van der Waals surface area contributed by atoms with Gasteiger partial charge in [-0.25, -0.2) is 9.61 Å². The van der Waals surface area contributed by atoms with Crippen LogP contribution in [0.5, 0.6) is 0 Å². The molecule has 0 atom stereocenters. The van der Waals surface area contributed by atoms with Crippen LogP contribution >= 0.6 is 0 Å². The average molecular weight is 430 g/mol. The first kappa shape index (κ1) is 20.0. The molecule has 5 rings (SSSR count). The number of nitrogens with one attached hydrogen (secondary N) is 1. The topological polar surface area (TPSA) is 120 Å². The van der Waals surface area contributed by atoms with E-state index in [-0.39, 0.29) is 18.8 Å². The predicted octanol–water partition coefficient (Wildman–Crippen LogP) is 2.98. The molecule has 0 unspecified atom stereocenters. The molecule has 3 aromatic heterocycles. The Hall–Kier alpha value is -3.89. The van der Waals surface area contributed by atoms with Gasteiger partial charge in [-0.3, -0.25) is 20.2 Å². The number of fused-ring (bicyclic) bond motifs is 1. The lowest BCUT2D eigenvalue weighted by Crippen LogP contribution is -2.35. The Labute approximate surface area is 183 Å². The fraction of sp³-hybridized carbons (Fsp3) is 0.227. The van der Waals surface area contributed by atoms with Crippen molar-refractivity contribution >= 4 is 5.82 Å². The van der Waals surface area contributed by atoms with Crippen molar-refractivity contribution < 1.29 is 9.84 Å². The molecule has 10 heteroatoms. The van der Waals surface area contributed by atoms with Crippen LogP contribution in [0.1, 0.15) is 22.8 Å². The summed E-state index contributed by atoms with van der Waals surface area (Å²) in [6, 6.07) is 13.6. The zero-order valence-electron chi connectivity index (χ0n) is 17.9. The zero-order chi connectivity index (χ0) is 22.4. The van der Waals surface area contributed by atoms with Crippen LogP contribution in [0.25, 0.3) is 22.4 Å². The van der Waals surface area contributed by atoms with Crippen molar-refractivity contribution in [1.82, 2.24) is 29.9 Å². The van der Waals surface area contributed by atoms with Crippen LogP contribution in [0.2, 0.25) is 0 Å². The maximum atomic E-state index is 11.2. The molecule has 2 N–H and O–H groups in total. The minimum atomic E-state index is 0.0432. The van der Waals surface area contributed by atoms with Gasteiger partial charge in [0.25, 0.3) is 0 Å². The molecular weight excluding hydrogens is 408 g/mol. The van der Waals surface area contributed by atoms with Gasteiger partial charge in [0, 0.05) is 17.0 Å². The third kappa shape index (κ3) is 3.35. The van der Waals surface area contributed by atoms with Crippen LogP contribution in [0, 0.1) is 26.2 Å². The van der Waals surface area contributed by atoms with Gasteiger partial charge in [0.2, 0.25) is 5.62 Å². The van der Waals surface area contributed by atoms with E-state index < -0.39 is 0 Å². The molecule has 0 aliphatic carbocycles. The van der Waals surface area contributed by atoms with Crippen LogP contribution in [0.3, 0.4) is 0 Å². The monoisotopic (exact) mass is 430 g/mol. The van der Waals surface area contributed by atoms with E-state index in [1.165, 1.54) is 0 Å². The van der Waals surface area contributed by atoms with E-state index in [1.54, 1.807) is 16.5 Å². The van der Waals surface area contributed by atoms with Gasteiger partial charge >= 0.3 is 0 Å². The highest BCUT2D eigenvalue weighted by molar-refractivity contribution is 5.88. The number of hydrogen-bond acceptors (Lipinski definition) is 9. The summed E-state index contributed by atoms with van der Waals surface area (Å²) in [5.41, 5.74) is 6.08. The number of nitrogens with zero attached hydrogens (tertiary/aromatic N) is 7. The van der Waals surface area contributed by atoms with Crippen LogP contribution in [-0.4, -0.2) is 35.1 Å². The first-order valence-electron chi connectivity index (χ1n) is 10.1. The highest BCUT2D eigenvalue weighted by Gasteiger charge is 2.33. The molecule has 32 heavy (non-hydrogen) atoms. The maximum absolute atomic E-state index is 11.2. The first-order chi connectivity index (χ1) is 15.4. The highest BCUT2D eigenvalue weighted by Crippen LogP contribution is 2.40. The molecule has 0 fully saturated rings. The van der Waals surface area contributed by atoms with Crippen LogP contribution in [0.15, 0.2) is 47.1 Å². The van der Waals surface area contributed by atoms with Gasteiger partial charge in [-0.05, 0) is 38.5 Å². The summed E-state index contributed by atoms with van der Waals surface area (Å²) in [7, 11) is 0. The smallest absolute Gasteiger partial charge is 0.225 e. The van der Waals surface area contributed by atoms with Crippen molar-refractivity contribution in [2.45, 2.75) is 34.0 Å². The summed E-state index contributed by atoms with van der Waals surface area (Å²) in [4.78, 5) is 9.12. The molecule has 0 spiro atoms. The number of anilines is 1. The van der Waals surface area contributed by atoms with Crippen molar-refractivity contribution in [2.24, 2.45) is 0 Å². The average Bonchev–Trinajstić information content (AvgIpc) is 3.32. The van der Waals surface area contributed by atoms with Gasteiger partial charge in [-0.2, -0.15) is 10.2 Å². The van der Waals surface area contributed by atoms with Gasteiger partial charge < -0.3 is 0 Å². The Balaban J connectivity index is 1.73. The molecule has 0 radical (unpaired) electrons. The fourth-order valence-corrected chi connectivity index (χ4v) is 3.99. The standard InChI is InChI=1S/C22H22N8O2/c1-13-9-17(10-14(2)24-13)19-20(16-7-5-4-6-8-16)25-22(23)29-12-28(30(31)21(19)29)11-18-15(3)26-32-27-18/h4-10,23,31H,11-12H2,1-3H3. The lowest BCUT2D eigenvalue weighted by molar-refractivity contribution is 0.0604. The lowest BCUT2D eigenvalue weighted by Gasteiger charge is -2.23. The molecule has 1 aromatic carbocycles. The number of aromatic nitrogens is 5. The van der Waals surface area contributed by atoms with E-state index in [9.17, 15) is 5.21 Å². The summed E-state index contributed by atoms with van der Waals surface area (Å²) < 4.78 is 6.46. The molecule has 0 saturated heterocycles. The number of aryl methyl sites for hydroxylation is 3. The molecular formula is C22H22N8O2. The first-order valence-corrected chi connectivity index (χ1v) is 10.1. The third-order valence-corrected chi connectivity index (χ3v) is 5.45. The quantitative estimate of drug-likeness (QED) is 0.507. The Morgan fingerprint density at radius 2 is 1.72 bits per heavy atom.